The van der Waals surface area contributed by atoms with Crippen LogP contribution in [0.1, 0.15) is 18.4 Å². The van der Waals surface area contributed by atoms with Crippen LogP contribution >= 0.6 is 0 Å². The summed E-state index contributed by atoms with van der Waals surface area (Å²) in [6.45, 7) is 3.80. The third-order valence-corrected chi connectivity index (χ3v) is 5.36. The third-order valence-electron chi connectivity index (χ3n) is 5.36. The SMILES string of the molecule is CCN(C(=O)N1CC(c2cn(C)c3cc(F)ccc23)C1)c1ccc(OC)nc1. The molecule has 0 radical (unpaired) electrons. The Morgan fingerprint density at radius 2 is 2.11 bits per heavy atom. The number of benzene rings is 1. The van der Waals surface area contributed by atoms with Gasteiger partial charge in [0.15, 0.2) is 0 Å². The van der Waals surface area contributed by atoms with Crippen molar-refractivity contribution in [2.24, 2.45) is 7.05 Å². The standard InChI is InChI=1S/C21H23FN4O2/c1-4-26(16-6-8-20(28-3)23-10-16)21(27)25-11-14(12-25)18-13-24(2)19-9-15(22)5-7-17(18)19/h5-10,13-14H,4,11-12H2,1-3H3. The average Bonchev–Trinajstić information content (AvgIpc) is 2.97. The van der Waals surface area contributed by atoms with Gasteiger partial charge in [-0.2, -0.15) is 0 Å². The summed E-state index contributed by atoms with van der Waals surface area (Å²) in [4.78, 5) is 20.7. The molecule has 1 aromatic carbocycles. The number of likely N-dealkylation sites (tertiary alicyclic amines) is 1. The molecule has 7 heteroatoms. The van der Waals surface area contributed by atoms with Gasteiger partial charge in [-0.3, -0.25) is 4.90 Å². The van der Waals surface area contributed by atoms with Crippen LogP contribution in [0.4, 0.5) is 14.9 Å². The van der Waals surface area contributed by atoms with E-state index in [-0.39, 0.29) is 17.8 Å². The van der Waals surface area contributed by atoms with Gasteiger partial charge in [0.2, 0.25) is 5.88 Å². The number of ether oxygens (including phenoxy) is 1. The molecule has 2 aromatic heterocycles. The highest BCUT2D eigenvalue weighted by molar-refractivity contribution is 5.93. The highest BCUT2D eigenvalue weighted by Gasteiger charge is 2.35. The number of aromatic nitrogens is 2. The van der Waals surface area contributed by atoms with Gasteiger partial charge < -0.3 is 14.2 Å². The molecular weight excluding hydrogens is 359 g/mol. The quantitative estimate of drug-likeness (QED) is 0.690. The molecule has 1 saturated heterocycles. The Morgan fingerprint density at radius 1 is 1.32 bits per heavy atom. The van der Waals surface area contributed by atoms with Gasteiger partial charge in [-0.05, 0) is 36.8 Å². The van der Waals surface area contributed by atoms with Crippen molar-refractivity contribution in [1.29, 1.82) is 0 Å². The summed E-state index contributed by atoms with van der Waals surface area (Å²) in [5.74, 6) is 0.534. The van der Waals surface area contributed by atoms with E-state index in [1.165, 1.54) is 6.07 Å². The summed E-state index contributed by atoms with van der Waals surface area (Å²) < 4.78 is 20.6. The predicted octanol–water partition coefficient (Wildman–Crippen LogP) is 3.77. The molecule has 146 valence electrons. The summed E-state index contributed by atoms with van der Waals surface area (Å²) in [7, 11) is 3.48. The molecule has 0 unspecified atom stereocenters. The fourth-order valence-corrected chi connectivity index (χ4v) is 3.80. The first-order valence-electron chi connectivity index (χ1n) is 9.32. The van der Waals surface area contributed by atoms with E-state index in [1.54, 1.807) is 30.3 Å². The zero-order valence-electron chi connectivity index (χ0n) is 16.2. The number of methoxy groups -OCH3 is 1. The van der Waals surface area contributed by atoms with Crippen LogP contribution in [0.25, 0.3) is 10.9 Å². The number of amides is 2. The zero-order chi connectivity index (χ0) is 19.8. The van der Waals surface area contributed by atoms with Crippen LogP contribution in [0.3, 0.4) is 0 Å². The minimum absolute atomic E-state index is 0.0306. The van der Waals surface area contributed by atoms with Crippen LogP contribution in [0.2, 0.25) is 0 Å². The van der Waals surface area contributed by atoms with Crippen molar-refractivity contribution in [2.75, 3.05) is 31.6 Å². The Bertz CT molecular complexity index is 1010. The molecule has 4 rings (SSSR count). The number of pyridine rings is 1. The third kappa shape index (κ3) is 3.06. The molecule has 0 spiro atoms. The number of hydrogen-bond donors (Lipinski definition) is 0. The highest BCUT2D eigenvalue weighted by Crippen LogP contribution is 2.34. The van der Waals surface area contributed by atoms with Crippen LogP contribution < -0.4 is 9.64 Å². The Hall–Kier alpha value is -3.09. The summed E-state index contributed by atoms with van der Waals surface area (Å²) in [5.41, 5.74) is 2.78. The van der Waals surface area contributed by atoms with E-state index in [9.17, 15) is 9.18 Å². The van der Waals surface area contributed by atoms with Crippen molar-refractivity contribution < 1.29 is 13.9 Å². The van der Waals surface area contributed by atoms with E-state index in [4.69, 9.17) is 4.74 Å². The number of hydrogen-bond acceptors (Lipinski definition) is 3. The average molecular weight is 382 g/mol. The molecular formula is C21H23FN4O2. The van der Waals surface area contributed by atoms with E-state index in [0.717, 1.165) is 22.2 Å². The Kier molecular flexibility index (Phi) is 4.66. The minimum atomic E-state index is -0.239. The smallest absolute Gasteiger partial charge is 0.324 e. The van der Waals surface area contributed by atoms with Crippen molar-refractivity contribution in [3.8, 4) is 5.88 Å². The van der Waals surface area contributed by atoms with Crippen molar-refractivity contribution >= 4 is 22.6 Å². The normalized spacial score (nSPS) is 14.2. The lowest BCUT2D eigenvalue weighted by Gasteiger charge is -2.41. The van der Waals surface area contributed by atoms with Crippen LogP contribution in [0, 0.1) is 5.82 Å². The van der Waals surface area contributed by atoms with Gasteiger partial charge in [-0.25, -0.2) is 14.2 Å². The molecule has 3 aromatic rings. The first-order valence-corrected chi connectivity index (χ1v) is 9.32. The summed E-state index contributed by atoms with van der Waals surface area (Å²) in [6, 6.07) is 8.42. The number of fused-ring (bicyclic) bond motifs is 1. The van der Waals surface area contributed by atoms with E-state index in [2.05, 4.69) is 4.98 Å². The number of carbonyl (C=O) groups is 1. The number of aryl methyl sites for hydroxylation is 1. The number of nitrogens with zero attached hydrogens (tertiary/aromatic N) is 4. The van der Waals surface area contributed by atoms with Crippen LogP contribution in [0.5, 0.6) is 5.88 Å². The Labute approximate surface area is 163 Å². The Balaban J connectivity index is 1.49. The maximum absolute atomic E-state index is 13.5. The van der Waals surface area contributed by atoms with Gasteiger partial charge in [-0.15, -0.1) is 0 Å². The summed E-state index contributed by atoms with van der Waals surface area (Å²) in [6.07, 6.45) is 3.69. The number of rotatable bonds is 4. The van der Waals surface area contributed by atoms with Crippen LogP contribution in [-0.2, 0) is 7.05 Å². The molecule has 28 heavy (non-hydrogen) atoms. The molecule has 1 aliphatic heterocycles. The second-order valence-electron chi connectivity index (χ2n) is 7.04. The van der Waals surface area contributed by atoms with Crippen LogP contribution in [0.15, 0.2) is 42.7 Å². The first kappa shape index (κ1) is 18.3. The molecule has 0 saturated carbocycles. The molecule has 3 heterocycles. The van der Waals surface area contributed by atoms with E-state index in [0.29, 0.717) is 25.5 Å². The topological polar surface area (TPSA) is 50.6 Å². The summed E-state index contributed by atoms with van der Waals surface area (Å²) >= 11 is 0. The molecule has 1 aliphatic rings. The molecule has 6 nitrogen and oxygen atoms in total. The number of carbonyl (C=O) groups excluding carboxylic acids is 1. The Morgan fingerprint density at radius 3 is 2.75 bits per heavy atom. The largest absolute Gasteiger partial charge is 0.481 e. The monoisotopic (exact) mass is 382 g/mol. The van der Waals surface area contributed by atoms with Gasteiger partial charge in [0, 0.05) is 50.2 Å². The molecule has 0 atom stereocenters. The van der Waals surface area contributed by atoms with Crippen molar-refractivity contribution in [1.82, 2.24) is 14.5 Å². The van der Waals surface area contributed by atoms with Crippen molar-refractivity contribution in [3.63, 3.8) is 0 Å². The van der Waals surface area contributed by atoms with E-state index >= 15 is 0 Å². The molecule has 0 N–H and O–H groups in total. The second kappa shape index (κ2) is 7.14. The molecule has 1 fully saturated rings. The fourth-order valence-electron chi connectivity index (χ4n) is 3.80. The van der Waals surface area contributed by atoms with E-state index < -0.39 is 0 Å². The predicted molar refractivity (Wildman–Crippen MR) is 106 cm³/mol. The number of anilines is 1. The van der Waals surface area contributed by atoms with Gasteiger partial charge in [0.25, 0.3) is 0 Å². The molecule has 0 aliphatic carbocycles. The number of halogens is 1. The van der Waals surface area contributed by atoms with Gasteiger partial charge in [0.05, 0.1) is 24.5 Å². The van der Waals surface area contributed by atoms with Gasteiger partial charge in [-0.1, -0.05) is 0 Å². The van der Waals surface area contributed by atoms with Gasteiger partial charge >= 0.3 is 6.03 Å². The maximum atomic E-state index is 13.5. The lowest BCUT2D eigenvalue weighted by Crippen LogP contribution is -2.54. The zero-order valence-corrected chi connectivity index (χ0v) is 16.2. The van der Waals surface area contributed by atoms with E-state index in [1.807, 2.05) is 41.8 Å². The fraction of sp³-hybridized carbons (Fsp3) is 0.333. The second-order valence-corrected chi connectivity index (χ2v) is 7.04. The number of urea groups is 1. The first-order chi connectivity index (χ1) is 13.5. The summed E-state index contributed by atoms with van der Waals surface area (Å²) in [5, 5.41) is 1.05. The molecule has 2 amide bonds. The minimum Gasteiger partial charge on any atom is -0.481 e. The van der Waals surface area contributed by atoms with Crippen molar-refractivity contribution in [3.05, 3.63) is 54.1 Å². The van der Waals surface area contributed by atoms with Crippen molar-refractivity contribution in [2.45, 2.75) is 12.8 Å². The van der Waals surface area contributed by atoms with Crippen LogP contribution in [-0.4, -0.2) is 47.2 Å². The molecule has 0 bridgehead atoms. The maximum Gasteiger partial charge on any atom is 0.324 e. The lowest BCUT2D eigenvalue weighted by molar-refractivity contribution is 0.158. The lowest BCUT2D eigenvalue weighted by atomic mass is 9.91. The van der Waals surface area contributed by atoms with Gasteiger partial charge in [0.1, 0.15) is 5.82 Å². The highest BCUT2D eigenvalue weighted by atomic mass is 19.1.